The van der Waals surface area contributed by atoms with Gasteiger partial charge in [0.05, 0.1) is 0 Å². The van der Waals surface area contributed by atoms with Crippen molar-refractivity contribution >= 4 is 17.7 Å². The third kappa shape index (κ3) is 3.97. The van der Waals surface area contributed by atoms with Crippen LogP contribution in [0.15, 0.2) is 0 Å². The van der Waals surface area contributed by atoms with Crippen molar-refractivity contribution in [1.29, 1.82) is 0 Å². The Morgan fingerprint density at radius 2 is 2.42 bits per heavy atom. The van der Waals surface area contributed by atoms with Crippen LogP contribution in [0.25, 0.3) is 0 Å². The zero-order chi connectivity index (χ0) is 8.81. The standard InChI is InChI=1S/C8H16N2OS/c1-7(11)9-3-4-10-8-2-5-12-6-8/h8,10H,2-6H2,1H3,(H,9,11). The minimum Gasteiger partial charge on any atom is -0.355 e. The topological polar surface area (TPSA) is 41.1 Å². The van der Waals surface area contributed by atoms with Crippen molar-refractivity contribution in [1.82, 2.24) is 10.6 Å². The Balaban J connectivity index is 1.91. The first-order valence-corrected chi connectivity index (χ1v) is 5.50. The summed E-state index contributed by atoms with van der Waals surface area (Å²) in [6.45, 7) is 3.19. The van der Waals surface area contributed by atoms with Crippen LogP contribution in [0.5, 0.6) is 0 Å². The smallest absolute Gasteiger partial charge is 0.216 e. The molecule has 0 radical (unpaired) electrons. The van der Waals surface area contributed by atoms with E-state index in [1.54, 1.807) is 6.92 Å². The van der Waals surface area contributed by atoms with Crippen LogP contribution in [0.4, 0.5) is 0 Å². The molecule has 1 atom stereocenters. The average molecular weight is 188 g/mol. The molecule has 1 unspecified atom stereocenters. The molecule has 0 aromatic heterocycles. The van der Waals surface area contributed by atoms with Crippen LogP contribution in [0, 0.1) is 0 Å². The summed E-state index contributed by atoms with van der Waals surface area (Å²) in [6, 6.07) is 0.670. The Labute approximate surface area is 77.7 Å². The van der Waals surface area contributed by atoms with E-state index in [4.69, 9.17) is 0 Å². The molecule has 1 saturated heterocycles. The van der Waals surface area contributed by atoms with Gasteiger partial charge >= 0.3 is 0 Å². The molecule has 0 aromatic rings. The molecule has 0 aliphatic carbocycles. The molecule has 0 aromatic carbocycles. The van der Waals surface area contributed by atoms with Gasteiger partial charge in [-0.3, -0.25) is 4.79 Å². The highest BCUT2D eigenvalue weighted by atomic mass is 32.2. The predicted molar refractivity (Wildman–Crippen MR) is 52.4 cm³/mol. The summed E-state index contributed by atoms with van der Waals surface area (Å²) in [5, 5.41) is 6.16. The molecule has 0 bridgehead atoms. The van der Waals surface area contributed by atoms with Crippen molar-refractivity contribution in [3.05, 3.63) is 0 Å². The lowest BCUT2D eigenvalue weighted by molar-refractivity contribution is -0.118. The summed E-state index contributed by atoms with van der Waals surface area (Å²) in [7, 11) is 0. The summed E-state index contributed by atoms with van der Waals surface area (Å²) in [5.41, 5.74) is 0. The Morgan fingerprint density at radius 3 is 3.00 bits per heavy atom. The molecular formula is C8H16N2OS. The third-order valence-electron chi connectivity index (χ3n) is 1.86. The molecule has 1 rings (SSSR count). The van der Waals surface area contributed by atoms with Gasteiger partial charge in [-0.2, -0.15) is 11.8 Å². The van der Waals surface area contributed by atoms with E-state index in [9.17, 15) is 4.79 Å². The number of hydrogen-bond acceptors (Lipinski definition) is 3. The van der Waals surface area contributed by atoms with E-state index in [1.807, 2.05) is 11.8 Å². The van der Waals surface area contributed by atoms with Gasteiger partial charge in [-0.05, 0) is 12.2 Å². The number of carbonyl (C=O) groups is 1. The minimum atomic E-state index is 0.0533. The third-order valence-corrected chi connectivity index (χ3v) is 3.02. The van der Waals surface area contributed by atoms with Gasteiger partial charge in [-0.15, -0.1) is 0 Å². The molecule has 70 valence electrons. The second kappa shape index (κ2) is 5.43. The molecule has 0 saturated carbocycles. The average Bonchev–Trinajstić information content (AvgIpc) is 2.49. The highest BCUT2D eigenvalue weighted by Crippen LogP contribution is 2.16. The minimum absolute atomic E-state index is 0.0533. The second-order valence-corrected chi connectivity index (χ2v) is 4.15. The van der Waals surface area contributed by atoms with Gasteiger partial charge < -0.3 is 10.6 Å². The fourth-order valence-electron chi connectivity index (χ4n) is 1.21. The number of rotatable bonds is 4. The maximum atomic E-state index is 10.5. The lowest BCUT2D eigenvalue weighted by atomic mass is 10.3. The molecule has 1 aliphatic rings. The maximum absolute atomic E-state index is 10.5. The van der Waals surface area contributed by atoms with Crippen molar-refractivity contribution in [3.8, 4) is 0 Å². The SMILES string of the molecule is CC(=O)NCCNC1CCSC1. The van der Waals surface area contributed by atoms with Crippen molar-refractivity contribution in [2.75, 3.05) is 24.6 Å². The van der Waals surface area contributed by atoms with Gasteiger partial charge in [0.2, 0.25) is 5.91 Å². The second-order valence-electron chi connectivity index (χ2n) is 3.00. The van der Waals surface area contributed by atoms with Gasteiger partial charge in [0.15, 0.2) is 0 Å². The molecule has 2 N–H and O–H groups in total. The first kappa shape index (κ1) is 9.86. The van der Waals surface area contributed by atoms with E-state index < -0.39 is 0 Å². The van der Waals surface area contributed by atoms with Gasteiger partial charge in [0.1, 0.15) is 0 Å². The highest BCUT2D eigenvalue weighted by Gasteiger charge is 2.13. The van der Waals surface area contributed by atoms with Crippen molar-refractivity contribution < 1.29 is 4.79 Å². The van der Waals surface area contributed by atoms with Crippen molar-refractivity contribution in [2.45, 2.75) is 19.4 Å². The molecule has 1 heterocycles. The number of amides is 1. The molecular weight excluding hydrogens is 172 g/mol. The van der Waals surface area contributed by atoms with Crippen LogP contribution in [0.3, 0.4) is 0 Å². The summed E-state index contributed by atoms with van der Waals surface area (Å²) in [5.74, 6) is 2.55. The molecule has 3 nitrogen and oxygen atoms in total. The van der Waals surface area contributed by atoms with E-state index >= 15 is 0 Å². The lowest BCUT2D eigenvalue weighted by Gasteiger charge is -2.10. The molecule has 1 amide bonds. The summed E-state index contributed by atoms with van der Waals surface area (Å²) in [6.07, 6.45) is 1.27. The number of hydrogen-bond donors (Lipinski definition) is 2. The first-order valence-electron chi connectivity index (χ1n) is 4.34. The predicted octanol–water partition coefficient (Wildman–Crippen LogP) is 0.218. The van der Waals surface area contributed by atoms with E-state index in [0.717, 1.165) is 13.1 Å². The summed E-state index contributed by atoms with van der Waals surface area (Å²) < 4.78 is 0. The fraction of sp³-hybridized carbons (Fsp3) is 0.875. The summed E-state index contributed by atoms with van der Waals surface area (Å²) in [4.78, 5) is 10.5. The van der Waals surface area contributed by atoms with Crippen LogP contribution in [0.1, 0.15) is 13.3 Å². The molecule has 1 fully saturated rings. The number of nitrogens with one attached hydrogen (secondary N) is 2. The van der Waals surface area contributed by atoms with Crippen LogP contribution in [0.2, 0.25) is 0 Å². The van der Waals surface area contributed by atoms with Crippen LogP contribution >= 0.6 is 11.8 Å². The van der Waals surface area contributed by atoms with Crippen LogP contribution in [-0.2, 0) is 4.79 Å². The van der Waals surface area contributed by atoms with Crippen LogP contribution in [-0.4, -0.2) is 36.5 Å². The van der Waals surface area contributed by atoms with E-state index in [-0.39, 0.29) is 5.91 Å². The first-order chi connectivity index (χ1) is 5.79. The number of carbonyl (C=O) groups excluding carboxylic acids is 1. The van der Waals surface area contributed by atoms with Crippen molar-refractivity contribution in [3.63, 3.8) is 0 Å². The van der Waals surface area contributed by atoms with Gasteiger partial charge in [-0.25, -0.2) is 0 Å². The fourth-order valence-corrected chi connectivity index (χ4v) is 2.40. The largest absolute Gasteiger partial charge is 0.355 e. The van der Waals surface area contributed by atoms with Crippen LogP contribution < -0.4 is 10.6 Å². The maximum Gasteiger partial charge on any atom is 0.216 e. The van der Waals surface area contributed by atoms with E-state index in [1.165, 1.54) is 17.9 Å². The lowest BCUT2D eigenvalue weighted by Crippen LogP contribution is -2.36. The quantitative estimate of drug-likeness (QED) is 0.620. The Morgan fingerprint density at radius 1 is 1.58 bits per heavy atom. The van der Waals surface area contributed by atoms with Gasteiger partial charge in [0.25, 0.3) is 0 Å². The monoisotopic (exact) mass is 188 g/mol. The Kier molecular flexibility index (Phi) is 4.46. The normalized spacial score (nSPS) is 22.6. The molecule has 12 heavy (non-hydrogen) atoms. The van der Waals surface area contributed by atoms with E-state index in [0.29, 0.717) is 6.04 Å². The van der Waals surface area contributed by atoms with Crippen molar-refractivity contribution in [2.24, 2.45) is 0 Å². The Hall–Kier alpha value is -0.220. The Bertz CT molecular complexity index is 146. The van der Waals surface area contributed by atoms with Gasteiger partial charge in [0, 0.05) is 31.8 Å². The zero-order valence-electron chi connectivity index (χ0n) is 7.43. The highest BCUT2D eigenvalue weighted by molar-refractivity contribution is 7.99. The molecule has 1 aliphatic heterocycles. The zero-order valence-corrected chi connectivity index (χ0v) is 8.25. The van der Waals surface area contributed by atoms with E-state index in [2.05, 4.69) is 10.6 Å². The van der Waals surface area contributed by atoms with Gasteiger partial charge in [-0.1, -0.05) is 0 Å². The molecule has 0 spiro atoms. The molecule has 4 heteroatoms. The number of thioether (sulfide) groups is 1. The summed E-state index contributed by atoms with van der Waals surface area (Å²) >= 11 is 2.00.